The van der Waals surface area contributed by atoms with Gasteiger partial charge in [0.05, 0.1) is 11.2 Å². The van der Waals surface area contributed by atoms with Gasteiger partial charge in [-0.15, -0.1) is 0 Å². The molecule has 2 heterocycles. The lowest BCUT2D eigenvalue weighted by atomic mass is 10.2. The maximum Gasteiger partial charge on any atom is 0.313 e. The molecular formula is C16H13N3O2S. The molecule has 0 spiro atoms. The topological polar surface area (TPSA) is 71.1 Å². The minimum atomic E-state index is -0.701. The molecule has 2 N–H and O–H groups in total. The lowest BCUT2D eigenvalue weighted by molar-refractivity contribution is -0.136. The van der Waals surface area contributed by atoms with Crippen LogP contribution in [-0.4, -0.2) is 16.8 Å². The first-order valence-corrected chi connectivity index (χ1v) is 7.62. The van der Waals surface area contributed by atoms with Crippen molar-refractivity contribution in [2.24, 2.45) is 0 Å². The van der Waals surface area contributed by atoms with Crippen molar-refractivity contribution in [3.05, 3.63) is 58.9 Å². The first-order chi connectivity index (χ1) is 10.7. The zero-order valence-corrected chi connectivity index (χ0v) is 12.4. The third kappa shape index (κ3) is 3.12. The number of thiophene rings is 1. The van der Waals surface area contributed by atoms with Crippen LogP contribution in [0.25, 0.3) is 10.9 Å². The Hall–Kier alpha value is -2.73. The average molecular weight is 311 g/mol. The highest BCUT2D eigenvalue weighted by atomic mass is 32.1. The van der Waals surface area contributed by atoms with Crippen LogP contribution in [0.2, 0.25) is 0 Å². The number of carbonyl (C=O) groups excluding carboxylic acids is 2. The molecule has 110 valence electrons. The van der Waals surface area contributed by atoms with Gasteiger partial charge in [0, 0.05) is 18.1 Å². The standard InChI is InChI=1S/C16H13N3O2S/c20-15(18-9-11-6-8-22-10-11)16(21)19-13-5-1-3-12-4-2-7-17-14(12)13/h1-8,10H,9H2,(H,18,20)(H,19,21). The summed E-state index contributed by atoms with van der Waals surface area (Å²) < 4.78 is 0. The van der Waals surface area contributed by atoms with E-state index in [0.717, 1.165) is 10.9 Å². The average Bonchev–Trinajstić information content (AvgIpc) is 3.06. The van der Waals surface area contributed by atoms with Gasteiger partial charge in [-0.3, -0.25) is 14.6 Å². The lowest BCUT2D eigenvalue weighted by Gasteiger charge is -2.08. The highest BCUT2D eigenvalue weighted by Crippen LogP contribution is 2.20. The van der Waals surface area contributed by atoms with Crippen LogP contribution in [0, 0.1) is 0 Å². The summed E-state index contributed by atoms with van der Waals surface area (Å²) in [6, 6.07) is 11.0. The van der Waals surface area contributed by atoms with Crippen LogP contribution in [0.1, 0.15) is 5.56 Å². The Kier molecular flexibility index (Phi) is 4.11. The van der Waals surface area contributed by atoms with E-state index in [0.29, 0.717) is 17.7 Å². The fourth-order valence-electron chi connectivity index (χ4n) is 2.04. The minimum absolute atomic E-state index is 0.337. The second kappa shape index (κ2) is 6.36. The number of carbonyl (C=O) groups is 2. The molecule has 0 radical (unpaired) electrons. The molecule has 6 heteroatoms. The normalized spacial score (nSPS) is 10.4. The number of fused-ring (bicyclic) bond motifs is 1. The Labute approximate surface area is 131 Å². The van der Waals surface area contributed by atoms with Gasteiger partial charge in [-0.05, 0) is 34.5 Å². The first kappa shape index (κ1) is 14.2. The summed E-state index contributed by atoms with van der Waals surface area (Å²) in [5.41, 5.74) is 2.15. The predicted molar refractivity (Wildman–Crippen MR) is 86.5 cm³/mol. The number of benzene rings is 1. The van der Waals surface area contributed by atoms with Crippen molar-refractivity contribution in [1.82, 2.24) is 10.3 Å². The van der Waals surface area contributed by atoms with Crippen molar-refractivity contribution in [3.63, 3.8) is 0 Å². The van der Waals surface area contributed by atoms with Crippen molar-refractivity contribution in [2.45, 2.75) is 6.54 Å². The van der Waals surface area contributed by atoms with E-state index in [1.54, 1.807) is 23.6 Å². The minimum Gasteiger partial charge on any atom is -0.344 e. The van der Waals surface area contributed by atoms with Gasteiger partial charge in [-0.1, -0.05) is 18.2 Å². The SMILES string of the molecule is O=C(NCc1ccsc1)C(=O)Nc1cccc2cccnc12. The second-order valence-corrected chi connectivity index (χ2v) is 5.43. The van der Waals surface area contributed by atoms with Crippen LogP contribution in [0.5, 0.6) is 0 Å². The molecule has 5 nitrogen and oxygen atoms in total. The number of anilines is 1. The molecule has 0 unspecified atom stereocenters. The van der Waals surface area contributed by atoms with E-state index >= 15 is 0 Å². The van der Waals surface area contributed by atoms with Gasteiger partial charge in [0.2, 0.25) is 0 Å². The summed E-state index contributed by atoms with van der Waals surface area (Å²) in [6.45, 7) is 0.337. The fraction of sp³-hybridized carbons (Fsp3) is 0.0625. The van der Waals surface area contributed by atoms with Crippen molar-refractivity contribution < 1.29 is 9.59 Å². The number of aromatic nitrogens is 1. The fourth-order valence-corrected chi connectivity index (χ4v) is 2.71. The number of amides is 2. The van der Waals surface area contributed by atoms with E-state index in [2.05, 4.69) is 15.6 Å². The van der Waals surface area contributed by atoms with Gasteiger partial charge < -0.3 is 10.6 Å². The smallest absolute Gasteiger partial charge is 0.313 e. The molecule has 1 aromatic carbocycles. The van der Waals surface area contributed by atoms with Crippen LogP contribution in [-0.2, 0) is 16.1 Å². The van der Waals surface area contributed by atoms with E-state index in [-0.39, 0.29) is 0 Å². The lowest BCUT2D eigenvalue weighted by Crippen LogP contribution is -2.34. The number of hydrogen-bond donors (Lipinski definition) is 2. The van der Waals surface area contributed by atoms with Crippen LogP contribution < -0.4 is 10.6 Å². The van der Waals surface area contributed by atoms with Crippen molar-refractivity contribution >= 4 is 39.7 Å². The summed E-state index contributed by atoms with van der Waals surface area (Å²) in [7, 11) is 0. The molecule has 0 saturated heterocycles. The highest BCUT2D eigenvalue weighted by molar-refractivity contribution is 7.07. The molecule has 0 aliphatic carbocycles. The quantitative estimate of drug-likeness (QED) is 0.730. The van der Waals surface area contributed by atoms with Gasteiger partial charge >= 0.3 is 11.8 Å². The monoisotopic (exact) mass is 311 g/mol. The number of nitrogens with zero attached hydrogens (tertiary/aromatic N) is 1. The van der Waals surface area contributed by atoms with Crippen LogP contribution in [0.15, 0.2) is 53.4 Å². The van der Waals surface area contributed by atoms with E-state index < -0.39 is 11.8 Å². The van der Waals surface area contributed by atoms with Crippen molar-refractivity contribution in [1.29, 1.82) is 0 Å². The third-order valence-electron chi connectivity index (χ3n) is 3.12. The van der Waals surface area contributed by atoms with E-state index in [1.807, 2.05) is 41.1 Å². The van der Waals surface area contributed by atoms with E-state index in [4.69, 9.17) is 0 Å². The van der Waals surface area contributed by atoms with Gasteiger partial charge in [-0.25, -0.2) is 0 Å². The van der Waals surface area contributed by atoms with Gasteiger partial charge in [0.15, 0.2) is 0 Å². The summed E-state index contributed by atoms with van der Waals surface area (Å²) in [6.07, 6.45) is 1.65. The van der Waals surface area contributed by atoms with Crippen LogP contribution >= 0.6 is 11.3 Å². The Morgan fingerprint density at radius 2 is 1.95 bits per heavy atom. The Morgan fingerprint density at radius 3 is 2.77 bits per heavy atom. The zero-order chi connectivity index (χ0) is 15.4. The molecule has 0 fully saturated rings. The summed E-state index contributed by atoms with van der Waals surface area (Å²) in [5.74, 6) is -1.37. The molecule has 0 aliphatic heterocycles. The largest absolute Gasteiger partial charge is 0.344 e. The molecule has 2 aromatic heterocycles. The van der Waals surface area contributed by atoms with Gasteiger partial charge in [-0.2, -0.15) is 11.3 Å². The summed E-state index contributed by atoms with van der Waals surface area (Å²) in [4.78, 5) is 28.0. The molecule has 3 aromatic rings. The maximum atomic E-state index is 12.0. The molecule has 0 aliphatic rings. The first-order valence-electron chi connectivity index (χ1n) is 6.68. The van der Waals surface area contributed by atoms with Crippen LogP contribution in [0.4, 0.5) is 5.69 Å². The summed E-state index contributed by atoms with van der Waals surface area (Å²) >= 11 is 1.54. The summed E-state index contributed by atoms with van der Waals surface area (Å²) in [5, 5.41) is 9.94. The molecule has 2 amide bonds. The predicted octanol–water partition coefficient (Wildman–Crippen LogP) is 2.55. The van der Waals surface area contributed by atoms with Crippen LogP contribution in [0.3, 0.4) is 0 Å². The maximum absolute atomic E-state index is 12.0. The molecule has 22 heavy (non-hydrogen) atoms. The second-order valence-electron chi connectivity index (χ2n) is 4.65. The number of nitrogens with one attached hydrogen (secondary N) is 2. The zero-order valence-electron chi connectivity index (χ0n) is 11.6. The Morgan fingerprint density at radius 1 is 1.09 bits per heavy atom. The highest BCUT2D eigenvalue weighted by Gasteiger charge is 2.14. The Bertz CT molecular complexity index is 810. The third-order valence-corrected chi connectivity index (χ3v) is 3.85. The van der Waals surface area contributed by atoms with E-state index in [9.17, 15) is 9.59 Å². The number of para-hydroxylation sites is 1. The van der Waals surface area contributed by atoms with Crippen molar-refractivity contribution in [2.75, 3.05) is 5.32 Å². The molecule has 0 atom stereocenters. The number of rotatable bonds is 3. The number of hydrogen-bond acceptors (Lipinski definition) is 4. The van der Waals surface area contributed by atoms with Gasteiger partial charge in [0.1, 0.15) is 0 Å². The molecule has 3 rings (SSSR count). The molecule has 0 bridgehead atoms. The molecular weight excluding hydrogens is 298 g/mol. The number of pyridine rings is 1. The van der Waals surface area contributed by atoms with Gasteiger partial charge in [0.25, 0.3) is 0 Å². The Balaban J connectivity index is 1.69. The van der Waals surface area contributed by atoms with Crippen molar-refractivity contribution in [3.8, 4) is 0 Å². The van der Waals surface area contributed by atoms with E-state index in [1.165, 1.54) is 0 Å². The molecule has 0 saturated carbocycles.